The molecule has 0 saturated carbocycles. The van der Waals surface area contributed by atoms with Crippen molar-refractivity contribution in [1.29, 1.82) is 0 Å². The highest BCUT2D eigenvalue weighted by molar-refractivity contribution is 6.30. The lowest BCUT2D eigenvalue weighted by Gasteiger charge is -2.31. The van der Waals surface area contributed by atoms with Crippen molar-refractivity contribution in [2.45, 2.75) is 39.8 Å². The molecule has 2 heterocycles. The molecule has 0 spiro atoms. The van der Waals surface area contributed by atoms with E-state index in [1.54, 1.807) is 0 Å². The van der Waals surface area contributed by atoms with Crippen LogP contribution < -0.4 is 5.32 Å². The van der Waals surface area contributed by atoms with Crippen molar-refractivity contribution in [3.63, 3.8) is 0 Å². The van der Waals surface area contributed by atoms with E-state index in [9.17, 15) is 4.79 Å². The number of aromatic nitrogens is 2. The first-order valence-electron chi connectivity index (χ1n) is 12.3. The summed E-state index contributed by atoms with van der Waals surface area (Å²) in [5.41, 5.74) is 6.60. The first-order chi connectivity index (χ1) is 17.0. The second-order valence-electron chi connectivity index (χ2n) is 9.59. The highest BCUT2D eigenvalue weighted by Gasteiger charge is 2.27. The molecule has 1 aliphatic rings. The highest BCUT2D eigenvalue weighted by Crippen LogP contribution is 2.24. The molecule has 1 fully saturated rings. The van der Waals surface area contributed by atoms with Gasteiger partial charge in [0.15, 0.2) is 0 Å². The molecule has 0 unspecified atom stereocenters. The minimum Gasteiger partial charge on any atom is -0.326 e. The maximum absolute atomic E-state index is 13.1. The van der Waals surface area contributed by atoms with Crippen LogP contribution in [0.5, 0.6) is 0 Å². The molecule has 1 atom stereocenters. The number of aryl methyl sites for hydroxylation is 2. The Morgan fingerprint density at radius 3 is 2.63 bits per heavy atom. The Labute approximate surface area is 211 Å². The van der Waals surface area contributed by atoms with E-state index in [1.807, 2.05) is 30.3 Å². The fraction of sp³-hybridized carbons (Fsp3) is 0.310. The molecule has 3 aromatic carbocycles. The van der Waals surface area contributed by atoms with Gasteiger partial charge >= 0.3 is 0 Å². The van der Waals surface area contributed by atoms with Gasteiger partial charge in [0.2, 0.25) is 5.91 Å². The van der Waals surface area contributed by atoms with Crippen LogP contribution in [0.4, 0.5) is 5.69 Å². The second-order valence-corrected chi connectivity index (χ2v) is 10.0. The number of carbonyl (C=O) groups is 1. The second kappa shape index (κ2) is 10.2. The SMILES string of the molecule is Cc1ccc(NC(=O)[C@@H]2CCCN(Cc3nc4ccccc4n3Cc3ccc(Cl)cc3)C2)cc1C. The summed E-state index contributed by atoms with van der Waals surface area (Å²) in [4.78, 5) is 20.4. The maximum Gasteiger partial charge on any atom is 0.228 e. The van der Waals surface area contributed by atoms with Crippen molar-refractivity contribution in [3.05, 3.63) is 94.3 Å². The zero-order valence-corrected chi connectivity index (χ0v) is 21.1. The number of nitrogens with one attached hydrogen (secondary N) is 1. The number of fused-ring (bicyclic) bond motifs is 1. The Morgan fingerprint density at radius 2 is 1.83 bits per heavy atom. The molecule has 0 bridgehead atoms. The number of likely N-dealkylation sites (tertiary alicyclic amines) is 1. The molecular formula is C29H31ClN4O. The molecular weight excluding hydrogens is 456 g/mol. The molecule has 4 aromatic rings. The summed E-state index contributed by atoms with van der Waals surface area (Å²) < 4.78 is 2.29. The number of hydrogen-bond acceptors (Lipinski definition) is 3. The largest absolute Gasteiger partial charge is 0.326 e. The van der Waals surface area contributed by atoms with Crippen LogP contribution in [0.15, 0.2) is 66.7 Å². The minimum atomic E-state index is -0.0283. The van der Waals surface area contributed by atoms with Gasteiger partial charge in [0.25, 0.3) is 0 Å². The van der Waals surface area contributed by atoms with E-state index >= 15 is 0 Å². The number of benzene rings is 3. The number of para-hydroxylation sites is 2. The Balaban J connectivity index is 1.32. The van der Waals surface area contributed by atoms with Crippen molar-refractivity contribution in [2.75, 3.05) is 18.4 Å². The van der Waals surface area contributed by atoms with Gasteiger partial charge in [-0.15, -0.1) is 0 Å². The summed E-state index contributed by atoms with van der Waals surface area (Å²) in [6, 6.07) is 22.4. The van der Waals surface area contributed by atoms with E-state index in [2.05, 4.69) is 65.0 Å². The summed E-state index contributed by atoms with van der Waals surface area (Å²) in [7, 11) is 0. The number of rotatable bonds is 6. The molecule has 6 heteroatoms. The standard InChI is InChI=1S/C29H31ClN4O/c1-20-9-14-25(16-21(20)2)31-29(35)23-6-5-15-33(18-23)19-28-32-26-7-3-4-8-27(26)34(28)17-22-10-12-24(30)13-11-22/h3-4,7-14,16,23H,5-6,15,17-19H2,1-2H3,(H,31,35)/t23-/m1/s1. The fourth-order valence-corrected chi connectivity index (χ4v) is 5.00. The number of imidazole rings is 1. The van der Waals surface area contributed by atoms with Crippen LogP contribution in [0.25, 0.3) is 11.0 Å². The number of anilines is 1. The Bertz CT molecular complexity index is 1340. The Hall–Kier alpha value is -3.15. The predicted molar refractivity (Wildman–Crippen MR) is 143 cm³/mol. The van der Waals surface area contributed by atoms with Crippen LogP contribution in [-0.2, 0) is 17.9 Å². The van der Waals surface area contributed by atoms with E-state index < -0.39 is 0 Å². The van der Waals surface area contributed by atoms with E-state index in [1.165, 1.54) is 16.7 Å². The zero-order chi connectivity index (χ0) is 24.4. The number of halogens is 1. The molecule has 1 N–H and O–H groups in total. The predicted octanol–water partition coefficient (Wildman–Crippen LogP) is 6.21. The highest BCUT2D eigenvalue weighted by atomic mass is 35.5. The van der Waals surface area contributed by atoms with Crippen LogP contribution in [0, 0.1) is 19.8 Å². The van der Waals surface area contributed by atoms with Crippen molar-refractivity contribution in [1.82, 2.24) is 14.5 Å². The van der Waals surface area contributed by atoms with Gasteiger partial charge in [-0.2, -0.15) is 0 Å². The number of carbonyl (C=O) groups excluding carboxylic acids is 1. The zero-order valence-electron chi connectivity index (χ0n) is 20.3. The third-order valence-corrected chi connectivity index (χ3v) is 7.26. The van der Waals surface area contributed by atoms with Gasteiger partial charge < -0.3 is 9.88 Å². The number of nitrogens with zero attached hydrogens (tertiary/aromatic N) is 3. The first kappa shape index (κ1) is 23.6. The number of piperidine rings is 1. The van der Waals surface area contributed by atoms with Crippen molar-refractivity contribution < 1.29 is 4.79 Å². The van der Waals surface area contributed by atoms with Crippen molar-refractivity contribution >= 4 is 34.2 Å². The third kappa shape index (κ3) is 5.42. The van der Waals surface area contributed by atoms with E-state index in [0.29, 0.717) is 0 Å². The lowest BCUT2D eigenvalue weighted by atomic mass is 9.97. The quantitative estimate of drug-likeness (QED) is 0.352. The maximum atomic E-state index is 13.1. The average Bonchev–Trinajstić information content (AvgIpc) is 3.19. The lowest BCUT2D eigenvalue weighted by molar-refractivity contribution is -0.121. The van der Waals surface area contributed by atoms with Gasteiger partial charge in [-0.3, -0.25) is 9.69 Å². The summed E-state index contributed by atoms with van der Waals surface area (Å²) in [6.45, 7) is 7.31. The molecule has 1 aromatic heterocycles. The molecule has 1 amide bonds. The molecule has 1 aliphatic heterocycles. The summed E-state index contributed by atoms with van der Waals surface area (Å²) in [6.07, 6.45) is 1.91. The first-order valence-corrected chi connectivity index (χ1v) is 12.6. The average molecular weight is 487 g/mol. The summed E-state index contributed by atoms with van der Waals surface area (Å²) in [5, 5.41) is 3.88. The van der Waals surface area contributed by atoms with Crippen LogP contribution in [-0.4, -0.2) is 33.4 Å². The van der Waals surface area contributed by atoms with Crippen LogP contribution in [0.3, 0.4) is 0 Å². The van der Waals surface area contributed by atoms with E-state index in [4.69, 9.17) is 16.6 Å². The normalized spacial score (nSPS) is 16.5. The van der Waals surface area contributed by atoms with E-state index in [0.717, 1.165) is 66.6 Å². The molecule has 5 rings (SSSR count). The summed E-state index contributed by atoms with van der Waals surface area (Å²) in [5.74, 6) is 1.10. The summed E-state index contributed by atoms with van der Waals surface area (Å²) >= 11 is 6.10. The molecule has 1 saturated heterocycles. The number of amides is 1. The molecule has 5 nitrogen and oxygen atoms in total. The van der Waals surface area contributed by atoms with Gasteiger partial charge in [0.05, 0.1) is 23.5 Å². The van der Waals surface area contributed by atoms with Gasteiger partial charge in [-0.1, -0.05) is 41.9 Å². The third-order valence-electron chi connectivity index (χ3n) is 7.00. The topological polar surface area (TPSA) is 50.2 Å². The Morgan fingerprint density at radius 1 is 1.03 bits per heavy atom. The fourth-order valence-electron chi connectivity index (χ4n) is 4.87. The van der Waals surface area contributed by atoms with Crippen molar-refractivity contribution in [2.24, 2.45) is 5.92 Å². The smallest absolute Gasteiger partial charge is 0.228 e. The van der Waals surface area contributed by atoms with Gasteiger partial charge in [-0.05, 0) is 86.3 Å². The molecule has 35 heavy (non-hydrogen) atoms. The van der Waals surface area contributed by atoms with E-state index in [-0.39, 0.29) is 11.8 Å². The molecule has 0 radical (unpaired) electrons. The van der Waals surface area contributed by atoms with Crippen LogP contribution in [0.1, 0.15) is 35.4 Å². The molecule has 180 valence electrons. The lowest BCUT2D eigenvalue weighted by Crippen LogP contribution is -2.40. The monoisotopic (exact) mass is 486 g/mol. The minimum absolute atomic E-state index is 0.0283. The van der Waals surface area contributed by atoms with Gasteiger partial charge in [-0.25, -0.2) is 4.98 Å². The van der Waals surface area contributed by atoms with Crippen LogP contribution >= 0.6 is 11.6 Å². The molecule has 0 aliphatic carbocycles. The van der Waals surface area contributed by atoms with Gasteiger partial charge in [0.1, 0.15) is 5.82 Å². The van der Waals surface area contributed by atoms with Crippen molar-refractivity contribution in [3.8, 4) is 0 Å². The Kier molecular flexibility index (Phi) is 6.89. The van der Waals surface area contributed by atoms with Crippen LogP contribution in [0.2, 0.25) is 5.02 Å². The number of hydrogen-bond donors (Lipinski definition) is 1. The van der Waals surface area contributed by atoms with Gasteiger partial charge in [0, 0.05) is 23.8 Å².